The number of anilines is 1. The van der Waals surface area contributed by atoms with E-state index < -0.39 is 11.8 Å². The smallest absolute Gasteiger partial charge is 0.266 e. The maximum Gasteiger partial charge on any atom is 0.266 e. The van der Waals surface area contributed by atoms with Crippen molar-refractivity contribution in [3.63, 3.8) is 0 Å². The summed E-state index contributed by atoms with van der Waals surface area (Å²) in [4.78, 5) is 31.1. The van der Waals surface area contributed by atoms with E-state index in [0.717, 1.165) is 0 Å². The molecule has 4 N–H and O–H groups in total. The summed E-state index contributed by atoms with van der Waals surface area (Å²) < 4.78 is 0. The van der Waals surface area contributed by atoms with Crippen LogP contribution in [0, 0.1) is 0 Å². The number of carbonyl (C=O) groups is 2. The summed E-state index contributed by atoms with van der Waals surface area (Å²) in [5, 5.41) is 5.12. The van der Waals surface area contributed by atoms with Crippen molar-refractivity contribution in [2.75, 3.05) is 5.32 Å². The molecule has 0 aliphatic rings. The fourth-order valence-electron chi connectivity index (χ4n) is 1.46. The lowest BCUT2D eigenvalue weighted by molar-refractivity contribution is -0.114. The van der Waals surface area contributed by atoms with Crippen LogP contribution in [0.2, 0.25) is 0 Å². The largest absolute Gasteiger partial charge is 0.364 e. The first-order valence-corrected chi connectivity index (χ1v) is 6.07. The number of rotatable bonds is 5. The zero-order valence-electron chi connectivity index (χ0n) is 11.0. The van der Waals surface area contributed by atoms with Crippen molar-refractivity contribution in [1.29, 1.82) is 0 Å². The van der Waals surface area contributed by atoms with Crippen LogP contribution in [0.15, 0.2) is 60.7 Å². The van der Waals surface area contributed by atoms with E-state index in [1.54, 1.807) is 36.4 Å². The van der Waals surface area contributed by atoms with E-state index in [9.17, 15) is 9.59 Å². The molecule has 0 saturated carbocycles. The zero-order chi connectivity index (χ0) is 15.1. The summed E-state index contributed by atoms with van der Waals surface area (Å²) in [6.45, 7) is 0. The number of hydrogen-bond donors (Lipinski definition) is 3. The highest BCUT2D eigenvalue weighted by Gasteiger charge is 2.11. The Hall–Kier alpha value is -3.22. The van der Waals surface area contributed by atoms with E-state index in [-0.39, 0.29) is 11.6 Å². The predicted octanol–water partition coefficient (Wildman–Crippen LogP) is 0.645. The molecule has 0 radical (unpaired) electrons. The second-order valence-electron chi connectivity index (χ2n) is 3.96. The van der Waals surface area contributed by atoms with Crippen LogP contribution in [0.25, 0.3) is 0 Å². The first-order valence-electron chi connectivity index (χ1n) is 6.07. The molecule has 0 aliphatic carbocycles. The van der Waals surface area contributed by atoms with Crippen molar-refractivity contribution >= 4 is 17.8 Å². The topological polar surface area (TPSA) is 110 Å². The van der Waals surface area contributed by atoms with Crippen LogP contribution in [-0.2, 0) is 4.79 Å². The first-order chi connectivity index (χ1) is 10.2. The third-order valence-corrected chi connectivity index (χ3v) is 2.46. The maximum atomic E-state index is 12.0. The van der Waals surface area contributed by atoms with Crippen molar-refractivity contribution in [1.82, 2.24) is 15.3 Å². The Morgan fingerprint density at radius 2 is 1.71 bits per heavy atom. The summed E-state index contributed by atoms with van der Waals surface area (Å²) in [7, 11) is 0. The maximum absolute atomic E-state index is 12.0. The number of aromatic nitrogens is 2. The van der Waals surface area contributed by atoms with Gasteiger partial charge in [0.25, 0.3) is 11.8 Å². The van der Waals surface area contributed by atoms with Crippen LogP contribution in [0.1, 0.15) is 10.4 Å². The molecule has 2 rings (SSSR count). The zero-order valence-corrected chi connectivity index (χ0v) is 11.0. The van der Waals surface area contributed by atoms with Gasteiger partial charge in [-0.05, 0) is 18.2 Å². The van der Waals surface area contributed by atoms with Gasteiger partial charge in [0.05, 0.1) is 0 Å². The van der Waals surface area contributed by atoms with E-state index in [1.807, 2.05) is 0 Å². The van der Waals surface area contributed by atoms with Gasteiger partial charge in [0.15, 0.2) is 0 Å². The van der Waals surface area contributed by atoms with Gasteiger partial charge < -0.3 is 16.4 Å². The molecule has 0 unspecified atom stereocenters. The van der Waals surface area contributed by atoms with Crippen LogP contribution in [-0.4, -0.2) is 21.8 Å². The van der Waals surface area contributed by atoms with E-state index in [1.165, 1.54) is 18.6 Å². The minimum atomic E-state index is -0.775. The van der Waals surface area contributed by atoms with Crippen molar-refractivity contribution < 1.29 is 9.59 Å². The Morgan fingerprint density at radius 3 is 2.33 bits per heavy atom. The summed E-state index contributed by atoms with van der Waals surface area (Å²) in [6, 6.07) is 10.1. The van der Waals surface area contributed by atoms with Gasteiger partial charge in [-0.15, -0.1) is 0 Å². The first kappa shape index (κ1) is 14.2. The van der Waals surface area contributed by atoms with Gasteiger partial charge in [0.1, 0.15) is 5.70 Å². The molecule has 2 aromatic rings. The highest BCUT2D eigenvalue weighted by atomic mass is 16.2. The number of nitrogens with two attached hydrogens (primary N) is 1. The Morgan fingerprint density at radius 1 is 1.05 bits per heavy atom. The summed E-state index contributed by atoms with van der Waals surface area (Å²) in [5.41, 5.74) is 5.55. The SMILES string of the molecule is NC(=O)/C(=C/Nc1ncccn1)NC(=O)c1ccccc1. The van der Waals surface area contributed by atoms with Crippen molar-refractivity contribution in [2.45, 2.75) is 0 Å². The van der Waals surface area contributed by atoms with Gasteiger partial charge in [-0.25, -0.2) is 9.97 Å². The highest BCUT2D eigenvalue weighted by Crippen LogP contribution is 2.01. The van der Waals surface area contributed by atoms with Crippen LogP contribution in [0.4, 0.5) is 5.95 Å². The summed E-state index contributed by atoms with van der Waals surface area (Å²) >= 11 is 0. The number of carbonyl (C=O) groups excluding carboxylic acids is 2. The minimum absolute atomic E-state index is 0.0868. The molecule has 21 heavy (non-hydrogen) atoms. The predicted molar refractivity (Wildman–Crippen MR) is 76.8 cm³/mol. The monoisotopic (exact) mass is 283 g/mol. The number of amides is 2. The van der Waals surface area contributed by atoms with Gasteiger partial charge in [-0.3, -0.25) is 9.59 Å². The molecule has 1 aromatic carbocycles. The Kier molecular flexibility index (Phi) is 4.60. The van der Waals surface area contributed by atoms with E-state index in [0.29, 0.717) is 5.56 Å². The molecule has 1 heterocycles. The molecule has 7 heteroatoms. The average molecular weight is 283 g/mol. The fourth-order valence-corrected chi connectivity index (χ4v) is 1.46. The second-order valence-corrected chi connectivity index (χ2v) is 3.96. The number of hydrogen-bond acceptors (Lipinski definition) is 5. The molecule has 106 valence electrons. The minimum Gasteiger partial charge on any atom is -0.364 e. The second kappa shape index (κ2) is 6.80. The van der Waals surface area contributed by atoms with E-state index in [4.69, 9.17) is 5.73 Å². The lowest BCUT2D eigenvalue weighted by atomic mass is 10.2. The summed E-state index contributed by atoms with van der Waals surface area (Å²) in [5.74, 6) is -0.927. The van der Waals surface area contributed by atoms with Gasteiger partial charge in [-0.1, -0.05) is 18.2 Å². The lowest BCUT2D eigenvalue weighted by Crippen LogP contribution is -2.31. The van der Waals surface area contributed by atoms with Gasteiger partial charge in [0.2, 0.25) is 5.95 Å². The highest BCUT2D eigenvalue weighted by molar-refractivity contribution is 6.02. The Bertz CT molecular complexity index is 656. The van der Waals surface area contributed by atoms with Crippen molar-refractivity contribution in [3.8, 4) is 0 Å². The van der Waals surface area contributed by atoms with Gasteiger partial charge in [-0.2, -0.15) is 0 Å². The molecule has 0 saturated heterocycles. The van der Waals surface area contributed by atoms with Gasteiger partial charge in [0, 0.05) is 24.2 Å². The Labute approximate surface area is 120 Å². The van der Waals surface area contributed by atoms with Crippen LogP contribution in [0.3, 0.4) is 0 Å². The molecule has 0 aliphatic heterocycles. The lowest BCUT2D eigenvalue weighted by Gasteiger charge is -2.07. The fraction of sp³-hybridized carbons (Fsp3) is 0. The quantitative estimate of drug-likeness (QED) is 0.698. The van der Waals surface area contributed by atoms with Crippen LogP contribution < -0.4 is 16.4 Å². The molecule has 0 spiro atoms. The Balaban J connectivity index is 2.09. The molecule has 0 atom stereocenters. The molecule has 2 amide bonds. The van der Waals surface area contributed by atoms with Crippen LogP contribution in [0.5, 0.6) is 0 Å². The third kappa shape index (κ3) is 4.13. The normalized spacial score (nSPS) is 10.8. The van der Waals surface area contributed by atoms with E-state index in [2.05, 4.69) is 20.6 Å². The molecular weight excluding hydrogens is 270 g/mol. The third-order valence-electron chi connectivity index (χ3n) is 2.46. The standard InChI is InChI=1S/C14H13N5O2/c15-12(20)11(9-18-14-16-7-4-8-17-14)19-13(21)10-5-2-1-3-6-10/h1-9H,(H2,15,20)(H,19,21)(H,16,17,18)/b11-9-. The van der Waals surface area contributed by atoms with Crippen LogP contribution >= 0.6 is 0 Å². The molecular formula is C14H13N5O2. The summed E-state index contributed by atoms with van der Waals surface area (Å²) in [6.07, 6.45) is 4.32. The van der Waals surface area contributed by atoms with Gasteiger partial charge >= 0.3 is 0 Å². The molecule has 1 aromatic heterocycles. The molecule has 7 nitrogen and oxygen atoms in total. The van der Waals surface area contributed by atoms with E-state index >= 15 is 0 Å². The molecule has 0 bridgehead atoms. The molecule has 0 fully saturated rings. The number of nitrogens with zero attached hydrogens (tertiary/aromatic N) is 2. The van der Waals surface area contributed by atoms with Crippen molar-refractivity contribution in [2.24, 2.45) is 5.73 Å². The van der Waals surface area contributed by atoms with Crippen molar-refractivity contribution in [3.05, 3.63) is 66.3 Å². The average Bonchev–Trinajstić information content (AvgIpc) is 2.52. The number of benzene rings is 1. The number of primary amides is 1. The number of nitrogens with one attached hydrogen (secondary N) is 2.